The first kappa shape index (κ1) is 28.9. The summed E-state index contributed by atoms with van der Waals surface area (Å²) in [5.41, 5.74) is 6.42. The average Bonchev–Trinajstić information content (AvgIpc) is 3.74. The van der Waals surface area contributed by atoms with Gasteiger partial charge in [0.25, 0.3) is 0 Å². The van der Waals surface area contributed by atoms with E-state index in [0.29, 0.717) is 17.8 Å². The molecule has 0 radical (unpaired) electrons. The number of hydrogen-bond acceptors (Lipinski definition) is 4. The molecule has 4 heterocycles. The minimum atomic E-state index is -0.141. The number of unbranched alkanes of at least 4 members (excludes halogenated alkanes) is 1. The lowest BCUT2D eigenvalue weighted by molar-refractivity contribution is 0.516. The highest BCUT2D eigenvalue weighted by Crippen LogP contribution is 2.69. The van der Waals surface area contributed by atoms with Crippen molar-refractivity contribution < 1.29 is 0 Å². The van der Waals surface area contributed by atoms with Crippen LogP contribution in [-0.2, 0) is 10.8 Å². The summed E-state index contributed by atoms with van der Waals surface area (Å²) in [5.74, 6) is 1.84. The lowest BCUT2D eigenvalue weighted by Gasteiger charge is -2.28. The van der Waals surface area contributed by atoms with Gasteiger partial charge in [-0.15, -0.1) is 45.3 Å². The molecule has 0 bridgehead atoms. The Hall–Kier alpha value is -1.20. The van der Waals surface area contributed by atoms with Gasteiger partial charge in [0.15, 0.2) is 0 Å². The lowest BCUT2D eigenvalue weighted by Crippen LogP contribution is -2.25. The van der Waals surface area contributed by atoms with Gasteiger partial charge < -0.3 is 0 Å². The van der Waals surface area contributed by atoms with Crippen LogP contribution in [0.1, 0.15) is 160 Å². The molecule has 214 valence electrons. The Kier molecular flexibility index (Phi) is 7.59. The molecule has 6 rings (SSSR count). The largest absolute Gasteiger partial charge is 0.139 e. The molecule has 0 saturated heterocycles. The summed E-state index contributed by atoms with van der Waals surface area (Å²) in [7, 11) is 0. The molecular weight excluding hydrogens is 561 g/mol. The van der Waals surface area contributed by atoms with Crippen LogP contribution in [0.5, 0.6) is 0 Å². The van der Waals surface area contributed by atoms with Gasteiger partial charge in [-0.3, -0.25) is 0 Å². The molecule has 0 amide bonds. The summed E-state index contributed by atoms with van der Waals surface area (Å²) >= 11 is 8.42. The molecule has 2 unspecified atom stereocenters. The summed E-state index contributed by atoms with van der Waals surface area (Å²) in [6.07, 6.45) is 7.49. The van der Waals surface area contributed by atoms with Gasteiger partial charge in [-0.25, -0.2) is 0 Å². The molecule has 4 aromatic rings. The van der Waals surface area contributed by atoms with Crippen molar-refractivity contribution in [2.45, 2.75) is 129 Å². The Morgan fingerprint density at radius 1 is 0.675 bits per heavy atom. The monoisotopic (exact) mass is 606 g/mol. The lowest BCUT2D eigenvalue weighted by atomic mass is 9.71. The molecule has 2 aliphatic rings. The molecule has 4 aromatic heterocycles. The van der Waals surface area contributed by atoms with Crippen LogP contribution in [0.2, 0.25) is 0 Å². The fourth-order valence-corrected chi connectivity index (χ4v) is 12.6. The maximum Gasteiger partial charge on any atom is 0.0759 e. The van der Waals surface area contributed by atoms with Crippen LogP contribution in [0.15, 0.2) is 24.3 Å². The second kappa shape index (κ2) is 10.5. The van der Waals surface area contributed by atoms with Crippen LogP contribution in [0, 0.1) is 0 Å². The van der Waals surface area contributed by atoms with Gasteiger partial charge >= 0.3 is 0 Å². The highest BCUT2D eigenvalue weighted by Gasteiger charge is 2.56. The Balaban J connectivity index is 1.67. The van der Waals surface area contributed by atoms with Gasteiger partial charge in [0.1, 0.15) is 0 Å². The van der Waals surface area contributed by atoms with E-state index in [4.69, 9.17) is 0 Å². The van der Waals surface area contributed by atoms with Crippen LogP contribution in [-0.4, -0.2) is 0 Å². The second-order valence-electron chi connectivity index (χ2n) is 13.2. The van der Waals surface area contributed by atoms with Gasteiger partial charge in [-0.05, 0) is 95.4 Å². The fraction of sp³-hybridized carbons (Fsp3) is 0.556. The normalized spacial score (nSPS) is 18.2. The topological polar surface area (TPSA) is 0 Å². The maximum atomic E-state index is 2.67. The third-order valence-electron chi connectivity index (χ3n) is 10.00. The van der Waals surface area contributed by atoms with Crippen molar-refractivity contribution in [3.05, 3.63) is 66.0 Å². The fourth-order valence-electron chi connectivity index (χ4n) is 6.86. The molecule has 1 spiro atoms. The number of hydrogen-bond donors (Lipinski definition) is 0. The minimum Gasteiger partial charge on any atom is -0.139 e. The zero-order chi connectivity index (χ0) is 28.6. The van der Waals surface area contributed by atoms with Crippen LogP contribution >= 0.6 is 45.3 Å². The summed E-state index contributed by atoms with van der Waals surface area (Å²) in [6.45, 7) is 21.5. The minimum absolute atomic E-state index is 0.141. The van der Waals surface area contributed by atoms with Gasteiger partial charge in [-0.1, -0.05) is 75.2 Å². The van der Waals surface area contributed by atoms with Crippen molar-refractivity contribution in [2.24, 2.45) is 0 Å². The van der Waals surface area contributed by atoms with E-state index >= 15 is 0 Å². The molecule has 0 saturated carbocycles. The molecule has 0 fully saturated rings. The highest BCUT2D eigenvalue weighted by atomic mass is 32.1. The molecule has 0 nitrogen and oxygen atoms in total. The van der Waals surface area contributed by atoms with Crippen LogP contribution in [0.4, 0.5) is 0 Å². The summed E-state index contributed by atoms with van der Waals surface area (Å²) in [4.78, 5) is 12.6. The van der Waals surface area contributed by atoms with Crippen molar-refractivity contribution in [3.8, 4) is 19.5 Å². The van der Waals surface area contributed by atoms with Crippen molar-refractivity contribution in [2.75, 3.05) is 0 Å². The Morgan fingerprint density at radius 2 is 1.18 bits per heavy atom. The van der Waals surface area contributed by atoms with E-state index in [0.717, 1.165) is 0 Å². The van der Waals surface area contributed by atoms with Crippen molar-refractivity contribution in [1.82, 2.24) is 0 Å². The molecule has 2 atom stereocenters. The summed E-state index contributed by atoms with van der Waals surface area (Å²) in [6, 6.07) is 10.6. The zero-order valence-corrected chi connectivity index (χ0v) is 29.2. The smallest absolute Gasteiger partial charge is 0.0759 e. The van der Waals surface area contributed by atoms with E-state index in [2.05, 4.69) is 132 Å². The molecular formula is C36H46S4. The summed E-state index contributed by atoms with van der Waals surface area (Å²) in [5, 5.41) is 0. The van der Waals surface area contributed by atoms with Crippen molar-refractivity contribution in [3.63, 3.8) is 0 Å². The average molecular weight is 607 g/mol. The predicted octanol–water partition coefficient (Wildman–Crippen LogP) is 13.3. The standard InChI is InChI=1S/C36H46S4/c1-10-14-15-21(7)28-17-24-33(38-28)34-26(19-30(40-34)35(8,9)13-4)36(24)23-16-27(20(5)6)37-31(23)32-25(36)18-29(39-32)22(11-2)12-3/h16-22H,10-15H2,1-9H3. The maximum absolute atomic E-state index is 2.67. The second-order valence-corrected chi connectivity index (χ2v) is 17.5. The molecule has 40 heavy (non-hydrogen) atoms. The van der Waals surface area contributed by atoms with Gasteiger partial charge in [0, 0.05) is 39.0 Å². The van der Waals surface area contributed by atoms with E-state index in [1.165, 1.54) is 38.5 Å². The number of rotatable bonds is 10. The molecule has 0 N–H and O–H groups in total. The van der Waals surface area contributed by atoms with Gasteiger partial charge in [-0.2, -0.15) is 0 Å². The molecule has 2 aliphatic carbocycles. The number of thiophene rings is 4. The third-order valence-corrected chi connectivity index (χ3v) is 15.9. The zero-order valence-electron chi connectivity index (χ0n) is 25.9. The quantitative estimate of drug-likeness (QED) is 0.145. The van der Waals surface area contributed by atoms with E-state index in [9.17, 15) is 0 Å². The van der Waals surface area contributed by atoms with E-state index < -0.39 is 0 Å². The van der Waals surface area contributed by atoms with Gasteiger partial charge in [0.2, 0.25) is 0 Å². The summed E-state index contributed by atoms with van der Waals surface area (Å²) < 4.78 is 0. The van der Waals surface area contributed by atoms with E-state index in [1.807, 2.05) is 0 Å². The first-order chi connectivity index (χ1) is 19.1. The first-order valence-electron chi connectivity index (χ1n) is 15.7. The first-order valence-corrected chi connectivity index (χ1v) is 19.0. The predicted molar refractivity (Wildman–Crippen MR) is 183 cm³/mol. The van der Waals surface area contributed by atoms with E-state index in [1.54, 1.807) is 61.3 Å². The van der Waals surface area contributed by atoms with Gasteiger partial charge in [0.05, 0.1) is 5.41 Å². The molecule has 0 aliphatic heterocycles. The van der Waals surface area contributed by atoms with E-state index in [-0.39, 0.29) is 10.8 Å². The van der Waals surface area contributed by atoms with Crippen LogP contribution in [0.3, 0.4) is 0 Å². The molecule has 4 heteroatoms. The Morgan fingerprint density at radius 3 is 1.73 bits per heavy atom. The van der Waals surface area contributed by atoms with Crippen LogP contribution in [0.25, 0.3) is 19.5 Å². The third kappa shape index (κ3) is 4.06. The molecule has 0 aromatic carbocycles. The Bertz CT molecular complexity index is 1530. The highest BCUT2D eigenvalue weighted by molar-refractivity contribution is 7.24. The number of fused-ring (bicyclic) bond motifs is 10. The van der Waals surface area contributed by atoms with Crippen molar-refractivity contribution >= 4 is 45.3 Å². The SMILES string of the molecule is CCCCC(C)c1cc2c(s1)-c1sc(C(C)(C)CC)cc1C21c2cc(C(C)C)sc2-c2sc(C(CC)CC)cc21. The Labute approximate surface area is 258 Å². The van der Waals surface area contributed by atoms with Crippen LogP contribution < -0.4 is 0 Å². The van der Waals surface area contributed by atoms with Crippen molar-refractivity contribution in [1.29, 1.82) is 0 Å².